The number of nitrogens with one attached hydrogen (secondary N) is 1. The van der Waals surface area contributed by atoms with E-state index in [9.17, 15) is 9.59 Å². The Morgan fingerprint density at radius 1 is 1.00 bits per heavy atom. The summed E-state index contributed by atoms with van der Waals surface area (Å²) in [7, 11) is 0. The molecule has 0 bridgehead atoms. The quantitative estimate of drug-likeness (QED) is 0.529. The monoisotopic (exact) mass is 391 g/mol. The molecule has 2 amide bonds. The highest BCUT2D eigenvalue weighted by Crippen LogP contribution is 2.33. The van der Waals surface area contributed by atoms with Crippen LogP contribution in [0, 0.1) is 0 Å². The average molecular weight is 391 g/mol. The molecule has 2 heterocycles. The summed E-state index contributed by atoms with van der Waals surface area (Å²) in [5, 5.41) is 3.31. The van der Waals surface area contributed by atoms with Gasteiger partial charge in [0.25, 0.3) is 5.91 Å². The normalized spacial score (nSPS) is 10.7. The van der Waals surface area contributed by atoms with Crippen LogP contribution in [0.3, 0.4) is 0 Å². The Kier molecular flexibility index (Phi) is 5.16. The van der Waals surface area contributed by atoms with Gasteiger partial charge in [0.05, 0.1) is 22.2 Å². The van der Waals surface area contributed by atoms with Crippen molar-refractivity contribution in [1.29, 1.82) is 0 Å². The van der Waals surface area contributed by atoms with E-state index in [1.165, 1.54) is 17.6 Å². The second-order valence-corrected chi connectivity index (χ2v) is 7.02. The van der Waals surface area contributed by atoms with Gasteiger partial charge in [-0.2, -0.15) is 0 Å². The van der Waals surface area contributed by atoms with Crippen LogP contribution in [0.1, 0.15) is 17.0 Å². The number of carbonyl (C=O) groups is 2. The highest BCUT2D eigenvalue weighted by molar-refractivity contribution is 7.22. The SMILES string of the molecule is O=C(NCCC(=O)N(c1ccccc1)c1nc2ccccc2s1)c1ccco1. The molecular weight excluding hydrogens is 374 g/mol. The van der Waals surface area contributed by atoms with Crippen molar-refractivity contribution in [1.82, 2.24) is 10.3 Å². The first-order valence-corrected chi connectivity index (χ1v) is 9.59. The standard InChI is InChI=1S/C21H17N3O3S/c25-19(12-13-22-20(26)17-10-6-14-27-17)24(15-7-2-1-3-8-15)21-23-16-9-4-5-11-18(16)28-21/h1-11,14H,12-13H2,(H,22,26). The van der Waals surface area contributed by atoms with Gasteiger partial charge in [-0.15, -0.1) is 0 Å². The van der Waals surface area contributed by atoms with Crippen molar-refractivity contribution in [2.24, 2.45) is 0 Å². The summed E-state index contributed by atoms with van der Waals surface area (Å²) in [6, 6.07) is 20.4. The van der Waals surface area contributed by atoms with E-state index in [0.29, 0.717) is 5.13 Å². The van der Waals surface area contributed by atoms with Crippen LogP contribution in [-0.4, -0.2) is 23.3 Å². The van der Waals surface area contributed by atoms with Gasteiger partial charge in [-0.1, -0.05) is 41.7 Å². The molecule has 28 heavy (non-hydrogen) atoms. The third-order valence-electron chi connectivity index (χ3n) is 4.11. The van der Waals surface area contributed by atoms with Gasteiger partial charge in [0.15, 0.2) is 10.9 Å². The number of amides is 2. The van der Waals surface area contributed by atoms with Crippen LogP contribution in [0.2, 0.25) is 0 Å². The summed E-state index contributed by atoms with van der Waals surface area (Å²) >= 11 is 1.46. The number of rotatable bonds is 6. The van der Waals surface area contributed by atoms with Crippen molar-refractivity contribution < 1.29 is 14.0 Å². The van der Waals surface area contributed by atoms with Gasteiger partial charge < -0.3 is 9.73 Å². The minimum Gasteiger partial charge on any atom is -0.459 e. The predicted molar refractivity (Wildman–Crippen MR) is 109 cm³/mol. The minimum atomic E-state index is -0.343. The maximum absolute atomic E-state index is 13.0. The number of nitrogens with zero attached hydrogens (tertiary/aromatic N) is 2. The molecule has 0 atom stereocenters. The number of aromatic nitrogens is 1. The number of hydrogen-bond acceptors (Lipinski definition) is 5. The maximum atomic E-state index is 13.0. The molecule has 0 saturated carbocycles. The van der Waals surface area contributed by atoms with Crippen LogP contribution in [-0.2, 0) is 4.79 Å². The lowest BCUT2D eigenvalue weighted by atomic mass is 10.2. The van der Waals surface area contributed by atoms with Gasteiger partial charge in [-0.05, 0) is 36.4 Å². The summed E-state index contributed by atoms with van der Waals surface area (Å²) in [6.45, 7) is 0.201. The highest BCUT2D eigenvalue weighted by Gasteiger charge is 2.21. The molecule has 6 nitrogen and oxygen atoms in total. The molecule has 0 aliphatic heterocycles. The number of benzene rings is 2. The maximum Gasteiger partial charge on any atom is 0.286 e. The fraction of sp³-hybridized carbons (Fsp3) is 0.0952. The number of furan rings is 1. The van der Waals surface area contributed by atoms with E-state index in [4.69, 9.17) is 4.42 Å². The van der Waals surface area contributed by atoms with Crippen molar-refractivity contribution >= 4 is 44.2 Å². The Balaban J connectivity index is 1.53. The zero-order chi connectivity index (χ0) is 19.3. The van der Waals surface area contributed by atoms with Crippen molar-refractivity contribution in [3.63, 3.8) is 0 Å². The third kappa shape index (κ3) is 3.79. The first kappa shape index (κ1) is 17.9. The van der Waals surface area contributed by atoms with Crippen LogP contribution in [0.25, 0.3) is 10.2 Å². The van der Waals surface area contributed by atoms with Crippen molar-refractivity contribution in [3.8, 4) is 0 Å². The van der Waals surface area contributed by atoms with Gasteiger partial charge in [0.1, 0.15) is 0 Å². The van der Waals surface area contributed by atoms with Crippen molar-refractivity contribution in [2.45, 2.75) is 6.42 Å². The second-order valence-electron chi connectivity index (χ2n) is 6.01. The molecule has 0 aliphatic carbocycles. The first-order chi connectivity index (χ1) is 13.7. The van der Waals surface area contributed by atoms with Crippen LogP contribution in [0.5, 0.6) is 0 Å². The number of carbonyl (C=O) groups excluding carboxylic acids is 2. The van der Waals surface area contributed by atoms with E-state index in [1.54, 1.807) is 17.0 Å². The zero-order valence-corrected chi connectivity index (χ0v) is 15.7. The number of thiazole rings is 1. The summed E-state index contributed by atoms with van der Waals surface area (Å²) in [5.74, 6) is -0.271. The van der Waals surface area contributed by atoms with Crippen LogP contribution >= 0.6 is 11.3 Å². The highest BCUT2D eigenvalue weighted by atomic mass is 32.1. The van der Waals surface area contributed by atoms with Crippen molar-refractivity contribution in [3.05, 3.63) is 78.8 Å². The molecule has 7 heteroatoms. The van der Waals surface area contributed by atoms with Crippen LogP contribution < -0.4 is 10.2 Å². The summed E-state index contributed by atoms with van der Waals surface area (Å²) < 4.78 is 6.07. The van der Waals surface area contributed by atoms with Gasteiger partial charge in [-0.25, -0.2) is 4.98 Å². The lowest BCUT2D eigenvalue weighted by Crippen LogP contribution is -2.31. The number of hydrogen-bond donors (Lipinski definition) is 1. The molecule has 0 spiro atoms. The Bertz CT molecular complexity index is 1060. The van der Waals surface area contributed by atoms with Crippen LogP contribution in [0.4, 0.5) is 10.8 Å². The van der Waals surface area contributed by atoms with E-state index >= 15 is 0 Å². The Hall–Kier alpha value is -3.45. The average Bonchev–Trinajstić information content (AvgIpc) is 3.39. The number of fused-ring (bicyclic) bond motifs is 1. The molecule has 4 aromatic rings. The summed E-state index contributed by atoms with van der Waals surface area (Å²) in [5.41, 5.74) is 1.59. The van der Waals surface area contributed by atoms with E-state index < -0.39 is 0 Å². The predicted octanol–water partition coefficient (Wildman–Crippen LogP) is 4.37. The molecule has 2 aromatic heterocycles. The number of anilines is 2. The Morgan fingerprint density at radius 2 is 1.79 bits per heavy atom. The van der Waals surface area contributed by atoms with E-state index in [0.717, 1.165) is 15.9 Å². The molecule has 4 rings (SSSR count). The molecular formula is C21H17N3O3S. The molecule has 0 unspecified atom stereocenters. The smallest absolute Gasteiger partial charge is 0.286 e. The minimum absolute atomic E-state index is 0.136. The van der Waals surface area contributed by atoms with Gasteiger partial charge in [0.2, 0.25) is 5.91 Å². The topological polar surface area (TPSA) is 75.4 Å². The van der Waals surface area contributed by atoms with Gasteiger partial charge >= 0.3 is 0 Å². The third-order valence-corrected chi connectivity index (χ3v) is 5.13. The van der Waals surface area contributed by atoms with Crippen LogP contribution in [0.15, 0.2) is 77.4 Å². The Morgan fingerprint density at radius 3 is 2.54 bits per heavy atom. The lowest BCUT2D eigenvalue weighted by Gasteiger charge is -2.20. The first-order valence-electron chi connectivity index (χ1n) is 8.77. The summed E-state index contributed by atoms with van der Waals surface area (Å²) in [4.78, 5) is 31.2. The van der Waals surface area contributed by atoms with E-state index in [-0.39, 0.29) is 30.5 Å². The number of para-hydroxylation sites is 2. The lowest BCUT2D eigenvalue weighted by molar-refractivity contribution is -0.117. The molecule has 0 saturated heterocycles. The second kappa shape index (κ2) is 8.06. The van der Waals surface area contributed by atoms with E-state index in [1.807, 2.05) is 54.6 Å². The Labute approximate surface area is 165 Å². The molecule has 0 aliphatic rings. The fourth-order valence-electron chi connectivity index (χ4n) is 2.78. The largest absolute Gasteiger partial charge is 0.459 e. The van der Waals surface area contributed by atoms with Gasteiger partial charge in [-0.3, -0.25) is 14.5 Å². The molecule has 0 radical (unpaired) electrons. The van der Waals surface area contributed by atoms with Crippen molar-refractivity contribution in [2.75, 3.05) is 11.4 Å². The zero-order valence-electron chi connectivity index (χ0n) is 14.9. The van der Waals surface area contributed by atoms with Gasteiger partial charge in [0, 0.05) is 13.0 Å². The molecule has 2 aromatic carbocycles. The molecule has 1 N–H and O–H groups in total. The van der Waals surface area contributed by atoms with E-state index in [2.05, 4.69) is 10.3 Å². The fourth-order valence-corrected chi connectivity index (χ4v) is 3.79. The summed E-state index contributed by atoms with van der Waals surface area (Å²) in [6.07, 6.45) is 1.57. The molecule has 140 valence electrons. The molecule has 0 fully saturated rings.